The van der Waals surface area contributed by atoms with Crippen molar-refractivity contribution in [3.8, 4) is 23.0 Å². The lowest BCUT2D eigenvalue weighted by atomic mass is 10.1. The second-order valence-electron chi connectivity index (χ2n) is 4.82. The van der Waals surface area contributed by atoms with Gasteiger partial charge >= 0.3 is 0 Å². The molecule has 0 aliphatic carbocycles. The molecule has 21 heavy (non-hydrogen) atoms. The maximum absolute atomic E-state index is 5.50. The van der Waals surface area contributed by atoms with Crippen LogP contribution in [0.1, 0.15) is 25.1 Å². The molecule has 0 amide bonds. The van der Waals surface area contributed by atoms with Crippen LogP contribution in [0.15, 0.2) is 22.7 Å². The van der Waals surface area contributed by atoms with Crippen LogP contribution in [-0.4, -0.2) is 37.1 Å². The number of methoxy groups -OCH3 is 1. The third-order valence-corrected chi connectivity index (χ3v) is 3.45. The lowest BCUT2D eigenvalue weighted by molar-refractivity contribution is 0.192. The Bertz CT molecular complexity index is 605. The van der Waals surface area contributed by atoms with Gasteiger partial charge in [-0.1, -0.05) is 5.16 Å². The lowest BCUT2D eigenvalue weighted by Crippen LogP contribution is -1.99. The van der Waals surface area contributed by atoms with Gasteiger partial charge in [-0.05, 0) is 31.5 Å². The standard InChI is InChI=1S/C15H18N2O4/c1-3-20-12-5-4-10(8-13(12)18-2)15-16-14(17-21-15)11-6-7-19-9-11/h4-5,8,11H,3,6-7,9H2,1-2H3. The van der Waals surface area contributed by atoms with Crippen molar-refractivity contribution in [1.29, 1.82) is 0 Å². The Morgan fingerprint density at radius 2 is 2.24 bits per heavy atom. The summed E-state index contributed by atoms with van der Waals surface area (Å²) >= 11 is 0. The van der Waals surface area contributed by atoms with E-state index in [0.29, 0.717) is 36.4 Å². The van der Waals surface area contributed by atoms with Gasteiger partial charge in [-0.3, -0.25) is 0 Å². The third kappa shape index (κ3) is 2.85. The highest BCUT2D eigenvalue weighted by Crippen LogP contribution is 2.33. The van der Waals surface area contributed by atoms with Crippen LogP contribution < -0.4 is 9.47 Å². The fraction of sp³-hybridized carbons (Fsp3) is 0.467. The van der Waals surface area contributed by atoms with Gasteiger partial charge in [0, 0.05) is 18.1 Å². The van der Waals surface area contributed by atoms with Gasteiger partial charge < -0.3 is 18.7 Å². The van der Waals surface area contributed by atoms with Crippen LogP contribution in [0.5, 0.6) is 11.5 Å². The van der Waals surface area contributed by atoms with E-state index in [0.717, 1.165) is 18.6 Å². The summed E-state index contributed by atoms with van der Waals surface area (Å²) in [4.78, 5) is 4.46. The molecule has 0 spiro atoms. The summed E-state index contributed by atoms with van der Waals surface area (Å²) in [5.41, 5.74) is 0.813. The Labute approximate surface area is 123 Å². The first-order chi connectivity index (χ1) is 10.3. The van der Waals surface area contributed by atoms with E-state index in [1.54, 1.807) is 7.11 Å². The summed E-state index contributed by atoms with van der Waals surface area (Å²) in [6.45, 7) is 3.93. The second-order valence-corrected chi connectivity index (χ2v) is 4.82. The summed E-state index contributed by atoms with van der Waals surface area (Å²) < 4.78 is 21.5. The highest BCUT2D eigenvalue weighted by molar-refractivity contribution is 5.59. The highest BCUT2D eigenvalue weighted by atomic mass is 16.5. The smallest absolute Gasteiger partial charge is 0.258 e. The molecule has 0 N–H and O–H groups in total. The third-order valence-electron chi connectivity index (χ3n) is 3.45. The highest BCUT2D eigenvalue weighted by Gasteiger charge is 2.23. The molecule has 112 valence electrons. The van der Waals surface area contributed by atoms with Crippen molar-refractivity contribution in [3.63, 3.8) is 0 Å². The molecule has 6 nitrogen and oxygen atoms in total. The van der Waals surface area contributed by atoms with Gasteiger partial charge in [-0.15, -0.1) is 0 Å². The molecule has 0 radical (unpaired) electrons. The molecule has 0 saturated carbocycles. The maximum atomic E-state index is 5.50. The van der Waals surface area contributed by atoms with Gasteiger partial charge in [0.15, 0.2) is 17.3 Å². The van der Waals surface area contributed by atoms with Gasteiger partial charge in [-0.25, -0.2) is 0 Å². The quantitative estimate of drug-likeness (QED) is 0.843. The van der Waals surface area contributed by atoms with E-state index in [1.807, 2.05) is 25.1 Å². The summed E-state index contributed by atoms with van der Waals surface area (Å²) in [5, 5.41) is 4.05. The molecule has 2 aromatic rings. The van der Waals surface area contributed by atoms with E-state index in [1.165, 1.54) is 0 Å². The molecule has 1 fully saturated rings. The van der Waals surface area contributed by atoms with Gasteiger partial charge in [-0.2, -0.15) is 4.98 Å². The predicted molar refractivity (Wildman–Crippen MR) is 75.6 cm³/mol. The lowest BCUT2D eigenvalue weighted by Gasteiger charge is -2.09. The van der Waals surface area contributed by atoms with Crippen molar-refractivity contribution in [2.45, 2.75) is 19.3 Å². The van der Waals surface area contributed by atoms with Crippen molar-refractivity contribution in [1.82, 2.24) is 10.1 Å². The minimum Gasteiger partial charge on any atom is -0.493 e. The number of hydrogen-bond donors (Lipinski definition) is 0. The predicted octanol–water partition coefficient (Wildman–Crippen LogP) is 2.65. The van der Waals surface area contributed by atoms with Gasteiger partial charge in [0.05, 0.1) is 20.3 Å². The molecule has 6 heteroatoms. The van der Waals surface area contributed by atoms with E-state index >= 15 is 0 Å². The van der Waals surface area contributed by atoms with Gasteiger partial charge in [0.2, 0.25) is 0 Å². The molecule has 2 heterocycles. The maximum Gasteiger partial charge on any atom is 0.258 e. The Hall–Kier alpha value is -2.08. The van der Waals surface area contributed by atoms with Crippen LogP contribution in [0.2, 0.25) is 0 Å². The molecule has 0 bridgehead atoms. The van der Waals surface area contributed by atoms with E-state index in [-0.39, 0.29) is 5.92 Å². The minimum atomic E-state index is 0.229. The molecule has 1 unspecified atom stereocenters. The minimum absolute atomic E-state index is 0.229. The molecule has 1 aromatic carbocycles. The molecular formula is C15H18N2O4. The van der Waals surface area contributed by atoms with Crippen molar-refractivity contribution < 1.29 is 18.7 Å². The van der Waals surface area contributed by atoms with Crippen molar-refractivity contribution in [2.24, 2.45) is 0 Å². The van der Waals surface area contributed by atoms with E-state index in [9.17, 15) is 0 Å². The second kappa shape index (κ2) is 6.13. The zero-order chi connectivity index (χ0) is 14.7. The van der Waals surface area contributed by atoms with Crippen LogP contribution in [0.3, 0.4) is 0 Å². The summed E-state index contributed by atoms with van der Waals surface area (Å²) in [6, 6.07) is 5.57. The average Bonchev–Trinajstić information content (AvgIpc) is 3.19. The molecule has 1 saturated heterocycles. The van der Waals surface area contributed by atoms with Gasteiger partial charge in [0.25, 0.3) is 5.89 Å². The zero-order valence-electron chi connectivity index (χ0n) is 12.2. The first-order valence-electron chi connectivity index (χ1n) is 7.04. The number of aromatic nitrogens is 2. The SMILES string of the molecule is CCOc1ccc(-c2nc(C3CCOC3)no2)cc1OC. The van der Waals surface area contributed by atoms with Crippen LogP contribution >= 0.6 is 0 Å². The molecule has 1 aromatic heterocycles. The fourth-order valence-corrected chi connectivity index (χ4v) is 2.33. The van der Waals surface area contributed by atoms with Crippen LogP contribution in [0.25, 0.3) is 11.5 Å². The fourth-order valence-electron chi connectivity index (χ4n) is 2.33. The van der Waals surface area contributed by atoms with E-state index in [2.05, 4.69) is 10.1 Å². The molecule has 3 rings (SSSR count). The Morgan fingerprint density at radius 3 is 2.95 bits per heavy atom. The summed E-state index contributed by atoms with van der Waals surface area (Å²) in [5.74, 6) is 2.77. The average molecular weight is 290 g/mol. The van der Waals surface area contributed by atoms with Crippen molar-refractivity contribution in [3.05, 3.63) is 24.0 Å². The van der Waals surface area contributed by atoms with Crippen LogP contribution in [-0.2, 0) is 4.74 Å². The van der Waals surface area contributed by atoms with Crippen molar-refractivity contribution >= 4 is 0 Å². The molecule has 1 aliphatic rings. The monoisotopic (exact) mass is 290 g/mol. The Morgan fingerprint density at radius 1 is 1.33 bits per heavy atom. The van der Waals surface area contributed by atoms with Crippen molar-refractivity contribution in [2.75, 3.05) is 26.9 Å². The van der Waals surface area contributed by atoms with E-state index < -0.39 is 0 Å². The normalized spacial score (nSPS) is 17.9. The molecule has 1 aliphatic heterocycles. The number of ether oxygens (including phenoxy) is 3. The summed E-state index contributed by atoms with van der Waals surface area (Å²) in [7, 11) is 1.61. The molecular weight excluding hydrogens is 272 g/mol. The van der Waals surface area contributed by atoms with Crippen LogP contribution in [0, 0.1) is 0 Å². The Balaban J connectivity index is 1.86. The zero-order valence-corrected chi connectivity index (χ0v) is 12.2. The summed E-state index contributed by atoms with van der Waals surface area (Å²) in [6.07, 6.45) is 0.936. The molecule has 1 atom stereocenters. The topological polar surface area (TPSA) is 66.6 Å². The largest absolute Gasteiger partial charge is 0.493 e. The number of hydrogen-bond acceptors (Lipinski definition) is 6. The number of nitrogens with zero attached hydrogens (tertiary/aromatic N) is 2. The first kappa shape index (κ1) is 13.9. The van der Waals surface area contributed by atoms with E-state index in [4.69, 9.17) is 18.7 Å². The Kier molecular flexibility index (Phi) is 4.06. The number of rotatable bonds is 5. The van der Waals surface area contributed by atoms with Crippen LogP contribution in [0.4, 0.5) is 0 Å². The van der Waals surface area contributed by atoms with Gasteiger partial charge in [0.1, 0.15) is 0 Å². The first-order valence-corrected chi connectivity index (χ1v) is 7.04. The number of benzene rings is 1.